The van der Waals surface area contributed by atoms with Crippen molar-refractivity contribution >= 4 is 29.3 Å². The van der Waals surface area contributed by atoms with Gasteiger partial charge >= 0.3 is 0 Å². The van der Waals surface area contributed by atoms with E-state index in [-0.39, 0.29) is 5.91 Å². The first-order valence-corrected chi connectivity index (χ1v) is 8.77. The first kappa shape index (κ1) is 16.9. The zero-order valence-corrected chi connectivity index (χ0v) is 14.4. The Labute approximate surface area is 141 Å². The molecule has 0 aliphatic heterocycles. The number of carbonyl (C=O) groups is 1. The maximum absolute atomic E-state index is 12.0. The molecule has 0 radical (unpaired) electrons. The lowest BCUT2D eigenvalue weighted by Crippen LogP contribution is -2.26. The van der Waals surface area contributed by atoms with E-state index in [1.54, 1.807) is 6.07 Å². The molecule has 0 aromatic heterocycles. The van der Waals surface area contributed by atoms with Gasteiger partial charge in [-0.2, -0.15) is 11.8 Å². The second kappa shape index (κ2) is 8.25. The van der Waals surface area contributed by atoms with Crippen LogP contribution in [0.1, 0.15) is 27.0 Å². The van der Waals surface area contributed by atoms with E-state index in [1.165, 1.54) is 11.1 Å². The van der Waals surface area contributed by atoms with Crippen LogP contribution in [-0.4, -0.2) is 18.2 Å². The Kier molecular flexibility index (Phi) is 6.34. The molecule has 0 bridgehead atoms. The van der Waals surface area contributed by atoms with Crippen molar-refractivity contribution in [3.05, 3.63) is 69.7 Å². The van der Waals surface area contributed by atoms with Gasteiger partial charge < -0.3 is 5.32 Å². The molecule has 0 aliphatic carbocycles. The molecule has 1 N–H and O–H groups in total. The number of hydrogen-bond acceptors (Lipinski definition) is 2. The van der Waals surface area contributed by atoms with E-state index in [0.717, 1.165) is 17.1 Å². The number of halogens is 1. The molecule has 0 fully saturated rings. The second-order valence-corrected chi connectivity index (χ2v) is 6.79. The van der Waals surface area contributed by atoms with Crippen LogP contribution in [0.2, 0.25) is 5.02 Å². The minimum Gasteiger partial charge on any atom is -0.351 e. The van der Waals surface area contributed by atoms with Gasteiger partial charge in [0.1, 0.15) is 0 Å². The zero-order valence-electron chi connectivity index (χ0n) is 12.9. The first-order chi connectivity index (χ1) is 10.6. The van der Waals surface area contributed by atoms with Gasteiger partial charge in [0.2, 0.25) is 0 Å². The third-order valence-electron chi connectivity index (χ3n) is 3.29. The zero-order chi connectivity index (χ0) is 15.9. The number of amides is 1. The van der Waals surface area contributed by atoms with Crippen molar-refractivity contribution < 1.29 is 4.79 Å². The van der Waals surface area contributed by atoms with Gasteiger partial charge in [-0.25, -0.2) is 0 Å². The largest absolute Gasteiger partial charge is 0.351 e. The van der Waals surface area contributed by atoms with Gasteiger partial charge in [0.25, 0.3) is 5.91 Å². The first-order valence-electron chi connectivity index (χ1n) is 7.24. The smallest absolute Gasteiger partial charge is 0.252 e. The van der Waals surface area contributed by atoms with Gasteiger partial charge in [0.05, 0.1) is 10.6 Å². The van der Waals surface area contributed by atoms with Gasteiger partial charge in [0, 0.05) is 18.1 Å². The summed E-state index contributed by atoms with van der Waals surface area (Å²) in [5.41, 5.74) is 4.17. The highest BCUT2D eigenvalue weighted by atomic mass is 35.5. The van der Waals surface area contributed by atoms with Crippen LogP contribution in [0, 0.1) is 13.8 Å². The van der Waals surface area contributed by atoms with Crippen LogP contribution in [0.15, 0.2) is 42.5 Å². The molecule has 0 spiro atoms. The summed E-state index contributed by atoms with van der Waals surface area (Å²) < 4.78 is 0. The van der Waals surface area contributed by atoms with E-state index < -0.39 is 0 Å². The molecule has 0 saturated heterocycles. The highest BCUT2D eigenvalue weighted by Gasteiger charge is 2.09. The molecule has 0 unspecified atom stereocenters. The molecular formula is C18H20ClNOS. The molecule has 0 aliphatic rings. The molecule has 2 nitrogen and oxygen atoms in total. The number of thioether (sulfide) groups is 1. The molecule has 2 aromatic carbocycles. The summed E-state index contributed by atoms with van der Waals surface area (Å²) in [6, 6.07) is 14.0. The fourth-order valence-electron chi connectivity index (χ4n) is 2.01. The SMILES string of the molecule is Cc1ccc(CSCCNC(=O)c2ccc(C)cc2Cl)cc1. The third kappa shape index (κ3) is 5.08. The summed E-state index contributed by atoms with van der Waals surface area (Å²) in [7, 11) is 0. The molecule has 1 amide bonds. The fourth-order valence-corrected chi connectivity index (χ4v) is 3.15. The van der Waals surface area contributed by atoms with Crippen LogP contribution in [0.4, 0.5) is 0 Å². The van der Waals surface area contributed by atoms with Crippen molar-refractivity contribution in [3.63, 3.8) is 0 Å². The van der Waals surface area contributed by atoms with E-state index in [4.69, 9.17) is 11.6 Å². The lowest BCUT2D eigenvalue weighted by molar-refractivity contribution is 0.0956. The van der Waals surface area contributed by atoms with Crippen molar-refractivity contribution in [2.45, 2.75) is 19.6 Å². The number of nitrogens with one attached hydrogen (secondary N) is 1. The van der Waals surface area contributed by atoms with Crippen LogP contribution >= 0.6 is 23.4 Å². The standard InChI is InChI=1S/C18H20ClNOS/c1-13-3-6-15(7-4-13)12-22-10-9-20-18(21)16-8-5-14(2)11-17(16)19/h3-8,11H,9-10,12H2,1-2H3,(H,20,21). The average molecular weight is 334 g/mol. The molecule has 0 heterocycles. The fraction of sp³-hybridized carbons (Fsp3) is 0.278. The topological polar surface area (TPSA) is 29.1 Å². The lowest BCUT2D eigenvalue weighted by Gasteiger charge is -2.07. The number of hydrogen-bond donors (Lipinski definition) is 1. The maximum atomic E-state index is 12.0. The summed E-state index contributed by atoms with van der Waals surface area (Å²) in [6.07, 6.45) is 0. The molecule has 4 heteroatoms. The van der Waals surface area contributed by atoms with Crippen LogP contribution < -0.4 is 5.32 Å². The van der Waals surface area contributed by atoms with E-state index in [9.17, 15) is 4.79 Å². The highest BCUT2D eigenvalue weighted by Crippen LogP contribution is 2.17. The van der Waals surface area contributed by atoms with E-state index >= 15 is 0 Å². The Morgan fingerprint density at radius 3 is 2.45 bits per heavy atom. The summed E-state index contributed by atoms with van der Waals surface area (Å²) in [6.45, 7) is 4.68. The van der Waals surface area contributed by atoms with E-state index in [0.29, 0.717) is 17.1 Å². The van der Waals surface area contributed by atoms with Gasteiger partial charge in [0.15, 0.2) is 0 Å². The monoisotopic (exact) mass is 333 g/mol. The van der Waals surface area contributed by atoms with Crippen LogP contribution in [0.5, 0.6) is 0 Å². The molecule has 0 saturated carbocycles. The Morgan fingerprint density at radius 2 is 1.77 bits per heavy atom. The molecule has 2 aromatic rings. The predicted molar refractivity (Wildman–Crippen MR) is 95.9 cm³/mol. The number of rotatable bonds is 6. The predicted octanol–water partition coefficient (Wildman–Crippen LogP) is 4.62. The number of benzene rings is 2. The van der Waals surface area contributed by atoms with Crippen molar-refractivity contribution in [1.29, 1.82) is 0 Å². The van der Waals surface area contributed by atoms with Crippen LogP contribution in [0.3, 0.4) is 0 Å². The van der Waals surface area contributed by atoms with E-state index in [1.807, 2.05) is 30.8 Å². The van der Waals surface area contributed by atoms with Gasteiger partial charge in [-0.05, 0) is 37.1 Å². The Balaban J connectivity index is 1.72. The van der Waals surface area contributed by atoms with Crippen molar-refractivity contribution in [3.8, 4) is 0 Å². The normalized spacial score (nSPS) is 10.5. The molecule has 116 valence electrons. The van der Waals surface area contributed by atoms with Crippen molar-refractivity contribution in [1.82, 2.24) is 5.32 Å². The Hall–Kier alpha value is -1.45. The molecule has 22 heavy (non-hydrogen) atoms. The van der Waals surface area contributed by atoms with Gasteiger partial charge in [-0.3, -0.25) is 4.79 Å². The summed E-state index contributed by atoms with van der Waals surface area (Å²) >= 11 is 7.90. The third-order valence-corrected chi connectivity index (χ3v) is 4.63. The van der Waals surface area contributed by atoms with Gasteiger partial charge in [-0.15, -0.1) is 0 Å². The quantitative estimate of drug-likeness (QED) is 0.781. The van der Waals surface area contributed by atoms with E-state index in [2.05, 4.69) is 36.5 Å². The minimum atomic E-state index is -0.110. The minimum absolute atomic E-state index is 0.110. The van der Waals surface area contributed by atoms with Crippen LogP contribution in [0.25, 0.3) is 0 Å². The number of aryl methyl sites for hydroxylation is 2. The average Bonchev–Trinajstić information content (AvgIpc) is 2.48. The number of carbonyl (C=O) groups excluding carboxylic acids is 1. The Bertz CT molecular complexity index is 640. The molecular weight excluding hydrogens is 314 g/mol. The summed E-state index contributed by atoms with van der Waals surface area (Å²) in [5, 5.41) is 3.41. The van der Waals surface area contributed by atoms with Gasteiger partial charge in [-0.1, -0.05) is 47.5 Å². The maximum Gasteiger partial charge on any atom is 0.252 e. The summed E-state index contributed by atoms with van der Waals surface area (Å²) in [5.74, 6) is 1.73. The highest BCUT2D eigenvalue weighted by molar-refractivity contribution is 7.98. The van der Waals surface area contributed by atoms with Crippen molar-refractivity contribution in [2.24, 2.45) is 0 Å². The molecule has 2 rings (SSSR count). The molecule has 0 atom stereocenters. The van der Waals surface area contributed by atoms with Crippen LogP contribution in [-0.2, 0) is 5.75 Å². The Morgan fingerprint density at radius 1 is 1.09 bits per heavy atom. The van der Waals surface area contributed by atoms with Crippen molar-refractivity contribution in [2.75, 3.05) is 12.3 Å². The lowest BCUT2D eigenvalue weighted by atomic mass is 10.1. The summed E-state index contributed by atoms with van der Waals surface area (Å²) in [4.78, 5) is 12.0. The second-order valence-electron chi connectivity index (χ2n) is 5.28.